The number of rotatable bonds is 4. The molecule has 1 aromatic rings. The fourth-order valence-electron chi connectivity index (χ4n) is 2.71. The van der Waals surface area contributed by atoms with Crippen LogP contribution < -0.4 is 0 Å². The van der Waals surface area contributed by atoms with Crippen LogP contribution in [0.2, 0.25) is 10.0 Å². The minimum absolute atomic E-state index is 0.000488. The first-order valence-electron chi connectivity index (χ1n) is 6.47. The number of carboxylic acids is 1. The molecule has 1 saturated heterocycles. The smallest absolute Gasteiger partial charge is 0.325 e. The van der Waals surface area contributed by atoms with Crippen LogP contribution >= 0.6 is 23.2 Å². The summed E-state index contributed by atoms with van der Waals surface area (Å²) in [5.74, 6) is -1.99. The maximum Gasteiger partial charge on any atom is 0.325 e. The van der Waals surface area contributed by atoms with Crippen molar-refractivity contribution in [3.8, 4) is 0 Å². The Bertz CT molecular complexity index is 688. The Morgan fingerprint density at radius 3 is 2.36 bits per heavy atom. The highest BCUT2D eigenvalue weighted by molar-refractivity contribution is 7.89. The van der Waals surface area contributed by atoms with Crippen LogP contribution in [0.5, 0.6) is 0 Å². The number of sulfonamides is 1. The standard InChI is InChI=1S/C13H15Cl2NO5S/c1-13(12(18)19)8(7-17)2-3-16(13)22(20,21)11-5-9(14)4-10(15)6-11/h4-6,8,17H,2-3,7H2,1H3,(H,18,19)/t8-,13+/m1/s1. The summed E-state index contributed by atoms with van der Waals surface area (Å²) in [6.45, 7) is 0.887. The summed E-state index contributed by atoms with van der Waals surface area (Å²) < 4.78 is 26.5. The van der Waals surface area contributed by atoms with E-state index >= 15 is 0 Å². The second-order valence-corrected chi connectivity index (χ2v) is 8.04. The van der Waals surface area contributed by atoms with Crippen molar-refractivity contribution in [2.75, 3.05) is 13.2 Å². The third-order valence-electron chi connectivity index (χ3n) is 4.07. The van der Waals surface area contributed by atoms with Gasteiger partial charge in [0.2, 0.25) is 10.0 Å². The van der Waals surface area contributed by atoms with Crippen LogP contribution in [0.15, 0.2) is 23.1 Å². The van der Waals surface area contributed by atoms with Gasteiger partial charge in [-0.2, -0.15) is 4.31 Å². The lowest BCUT2D eigenvalue weighted by atomic mass is 9.88. The molecule has 0 amide bonds. The van der Waals surface area contributed by atoms with Gasteiger partial charge in [0.25, 0.3) is 0 Å². The van der Waals surface area contributed by atoms with Gasteiger partial charge in [0, 0.05) is 29.1 Å². The van der Waals surface area contributed by atoms with E-state index in [0.717, 1.165) is 4.31 Å². The van der Waals surface area contributed by atoms with Crippen LogP contribution in [0.4, 0.5) is 0 Å². The zero-order valence-corrected chi connectivity index (χ0v) is 14.0. The van der Waals surface area contributed by atoms with Crippen LogP contribution in [-0.4, -0.2) is 47.6 Å². The number of hydrogen-bond acceptors (Lipinski definition) is 4. The second kappa shape index (κ2) is 5.98. The van der Waals surface area contributed by atoms with Gasteiger partial charge >= 0.3 is 5.97 Å². The van der Waals surface area contributed by atoms with E-state index in [2.05, 4.69) is 0 Å². The van der Waals surface area contributed by atoms with Gasteiger partial charge in [-0.25, -0.2) is 8.42 Å². The summed E-state index contributed by atoms with van der Waals surface area (Å²) in [7, 11) is -4.11. The van der Waals surface area contributed by atoms with Gasteiger partial charge in [-0.1, -0.05) is 23.2 Å². The molecule has 2 atom stereocenters. The number of carboxylic acid groups (broad SMARTS) is 1. The molecule has 122 valence electrons. The van der Waals surface area contributed by atoms with Crippen molar-refractivity contribution in [2.45, 2.75) is 23.8 Å². The average molecular weight is 368 g/mol. The van der Waals surface area contributed by atoms with Gasteiger partial charge in [0.1, 0.15) is 5.54 Å². The third kappa shape index (κ3) is 2.72. The lowest BCUT2D eigenvalue weighted by molar-refractivity contribution is -0.148. The first-order valence-corrected chi connectivity index (χ1v) is 8.67. The van der Waals surface area contributed by atoms with E-state index in [1.54, 1.807) is 0 Å². The van der Waals surface area contributed by atoms with Crippen molar-refractivity contribution in [1.82, 2.24) is 4.31 Å². The molecule has 0 spiro atoms. The number of aliphatic carboxylic acids is 1. The van der Waals surface area contributed by atoms with Crippen molar-refractivity contribution in [1.29, 1.82) is 0 Å². The molecule has 0 bridgehead atoms. The molecule has 1 aliphatic heterocycles. The van der Waals surface area contributed by atoms with E-state index in [9.17, 15) is 23.4 Å². The fraction of sp³-hybridized carbons (Fsp3) is 0.462. The molecule has 6 nitrogen and oxygen atoms in total. The Kier molecular flexibility index (Phi) is 4.75. The molecular formula is C13H15Cl2NO5S. The van der Waals surface area contributed by atoms with Gasteiger partial charge in [-0.05, 0) is 31.5 Å². The zero-order chi connectivity index (χ0) is 16.7. The molecule has 22 heavy (non-hydrogen) atoms. The maximum absolute atomic E-state index is 12.8. The largest absolute Gasteiger partial charge is 0.480 e. The second-order valence-electron chi connectivity index (χ2n) is 5.30. The van der Waals surface area contributed by atoms with Gasteiger partial charge in [0.05, 0.1) is 4.90 Å². The monoisotopic (exact) mass is 367 g/mol. The molecule has 1 heterocycles. The van der Waals surface area contributed by atoms with E-state index in [1.165, 1.54) is 25.1 Å². The molecule has 0 aliphatic carbocycles. The summed E-state index contributed by atoms with van der Waals surface area (Å²) >= 11 is 11.7. The Hall–Kier alpha value is -0.860. The number of halogens is 2. The Labute approximate surface area is 138 Å². The molecule has 0 radical (unpaired) electrons. The van der Waals surface area contributed by atoms with Crippen LogP contribution in [0, 0.1) is 5.92 Å². The number of hydrogen-bond donors (Lipinski definition) is 2. The Morgan fingerprint density at radius 1 is 1.36 bits per heavy atom. The maximum atomic E-state index is 12.8. The normalized spacial score (nSPS) is 26.3. The summed E-state index contributed by atoms with van der Waals surface area (Å²) in [5, 5.41) is 19.1. The van der Waals surface area contributed by atoms with Gasteiger partial charge in [-0.15, -0.1) is 0 Å². The Balaban J connectivity index is 2.55. The van der Waals surface area contributed by atoms with Crippen molar-refractivity contribution in [2.24, 2.45) is 5.92 Å². The van der Waals surface area contributed by atoms with Crippen LogP contribution in [0.25, 0.3) is 0 Å². The predicted molar refractivity (Wildman–Crippen MR) is 81.6 cm³/mol. The zero-order valence-electron chi connectivity index (χ0n) is 11.7. The van der Waals surface area contributed by atoms with Gasteiger partial charge < -0.3 is 10.2 Å². The van der Waals surface area contributed by atoms with Crippen molar-refractivity contribution < 1.29 is 23.4 Å². The van der Waals surface area contributed by atoms with Crippen molar-refractivity contribution in [3.05, 3.63) is 28.2 Å². The van der Waals surface area contributed by atoms with Crippen molar-refractivity contribution in [3.63, 3.8) is 0 Å². The lowest BCUT2D eigenvalue weighted by Gasteiger charge is -2.33. The summed E-state index contributed by atoms with van der Waals surface area (Å²) in [6, 6.07) is 3.83. The molecule has 0 aromatic heterocycles. The first kappa shape index (κ1) is 17.5. The van der Waals surface area contributed by atoms with Gasteiger partial charge in [-0.3, -0.25) is 4.79 Å². The summed E-state index contributed by atoms with van der Waals surface area (Å²) in [5.41, 5.74) is -1.72. The number of benzene rings is 1. The first-order chi connectivity index (χ1) is 10.1. The highest BCUT2D eigenvalue weighted by atomic mass is 35.5. The van der Waals surface area contributed by atoms with Crippen LogP contribution in [0.3, 0.4) is 0 Å². The average Bonchev–Trinajstić information content (AvgIpc) is 2.76. The number of carbonyl (C=O) groups is 1. The molecule has 1 aliphatic rings. The molecule has 0 unspecified atom stereocenters. The Morgan fingerprint density at radius 2 is 1.91 bits per heavy atom. The molecule has 1 fully saturated rings. The summed E-state index contributed by atoms with van der Waals surface area (Å²) in [4.78, 5) is 11.5. The highest BCUT2D eigenvalue weighted by Crippen LogP contribution is 2.39. The SMILES string of the molecule is C[C@@]1(C(=O)O)[C@@H](CO)CCN1S(=O)(=O)c1cc(Cl)cc(Cl)c1. The van der Waals surface area contributed by atoms with E-state index in [4.69, 9.17) is 23.2 Å². The van der Waals surface area contributed by atoms with Crippen LogP contribution in [0.1, 0.15) is 13.3 Å². The predicted octanol–water partition coefficient (Wildman–Crippen LogP) is 1.84. The minimum Gasteiger partial charge on any atom is -0.480 e. The molecule has 2 rings (SSSR count). The van der Waals surface area contributed by atoms with Gasteiger partial charge in [0.15, 0.2) is 0 Å². The number of aliphatic hydroxyl groups is 1. The molecule has 1 aromatic carbocycles. The molecule has 9 heteroatoms. The number of aliphatic hydroxyl groups excluding tert-OH is 1. The third-order valence-corrected chi connectivity index (χ3v) is 6.48. The molecule has 2 N–H and O–H groups in total. The summed E-state index contributed by atoms with van der Waals surface area (Å²) in [6.07, 6.45) is 0.257. The minimum atomic E-state index is -4.11. The topological polar surface area (TPSA) is 94.9 Å². The number of nitrogens with zero attached hydrogens (tertiary/aromatic N) is 1. The van der Waals surface area contributed by atoms with Crippen LogP contribution in [-0.2, 0) is 14.8 Å². The van der Waals surface area contributed by atoms with E-state index < -0.39 is 34.1 Å². The highest BCUT2D eigenvalue weighted by Gasteiger charge is 2.55. The van der Waals surface area contributed by atoms with E-state index in [1.807, 2.05) is 0 Å². The van der Waals surface area contributed by atoms with E-state index in [-0.39, 0.29) is 27.9 Å². The fourth-order valence-corrected chi connectivity index (χ4v) is 5.25. The molecule has 0 saturated carbocycles. The van der Waals surface area contributed by atoms with E-state index in [0.29, 0.717) is 0 Å². The van der Waals surface area contributed by atoms with Crippen molar-refractivity contribution >= 4 is 39.2 Å². The molecular weight excluding hydrogens is 353 g/mol. The lowest BCUT2D eigenvalue weighted by Crippen LogP contribution is -2.54. The quantitative estimate of drug-likeness (QED) is 0.846.